The van der Waals surface area contributed by atoms with Crippen LogP contribution in [0.5, 0.6) is 0 Å². The van der Waals surface area contributed by atoms with Gasteiger partial charge in [-0.25, -0.2) is 4.79 Å². The normalized spacial score (nSPS) is 19.9. The Hall–Kier alpha value is -1.88. The quantitative estimate of drug-likeness (QED) is 0.872. The first kappa shape index (κ1) is 13.5. The first-order chi connectivity index (χ1) is 9.16. The van der Waals surface area contributed by atoms with E-state index in [2.05, 4.69) is 0 Å². The van der Waals surface area contributed by atoms with Crippen LogP contribution in [0.1, 0.15) is 18.4 Å². The van der Waals surface area contributed by atoms with Crippen LogP contribution < -0.4 is 5.73 Å². The van der Waals surface area contributed by atoms with E-state index in [-0.39, 0.29) is 18.9 Å². The molecule has 102 valence electrons. The zero-order valence-electron chi connectivity index (χ0n) is 10.7. The van der Waals surface area contributed by atoms with Gasteiger partial charge >= 0.3 is 6.09 Å². The lowest BCUT2D eigenvalue weighted by Crippen LogP contribution is -2.43. The smallest absolute Gasteiger partial charge is 0.410 e. The molecule has 1 aliphatic heterocycles. The second-order valence-corrected chi connectivity index (χ2v) is 4.66. The van der Waals surface area contributed by atoms with E-state index in [4.69, 9.17) is 10.5 Å². The topological polar surface area (TPSA) is 72.6 Å². The summed E-state index contributed by atoms with van der Waals surface area (Å²) in [6.07, 6.45) is 0.672. The summed E-state index contributed by atoms with van der Waals surface area (Å²) in [6.45, 7) is 0.999. The Bertz CT molecular complexity index is 447. The minimum absolute atomic E-state index is 0.0124. The van der Waals surface area contributed by atoms with Gasteiger partial charge in [0.1, 0.15) is 6.61 Å². The Morgan fingerprint density at radius 1 is 1.37 bits per heavy atom. The maximum atomic E-state index is 11.9. The van der Waals surface area contributed by atoms with Crippen LogP contribution in [0.4, 0.5) is 4.79 Å². The van der Waals surface area contributed by atoms with Crippen molar-refractivity contribution in [1.82, 2.24) is 4.90 Å². The zero-order valence-corrected chi connectivity index (χ0v) is 10.7. The van der Waals surface area contributed by atoms with E-state index in [1.54, 1.807) is 0 Å². The van der Waals surface area contributed by atoms with Gasteiger partial charge in [0.2, 0.25) is 0 Å². The fraction of sp³-hybridized carbons (Fsp3) is 0.429. The van der Waals surface area contributed by atoms with Crippen molar-refractivity contribution in [2.75, 3.05) is 13.1 Å². The zero-order chi connectivity index (χ0) is 13.7. The third kappa shape index (κ3) is 3.79. The van der Waals surface area contributed by atoms with E-state index in [9.17, 15) is 9.59 Å². The molecule has 0 spiro atoms. The van der Waals surface area contributed by atoms with Crippen molar-refractivity contribution in [2.45, 2.75) is 25.5 Å². The van der Waals surface area contributed by atoms with Gasteiger partial charge in [-0.2, -0.15) is 0 Å². The van der Waals surface area contributed by atoms with Gasteiger partial charge in [0.25, 0.3) is 0 Å². The monoisotopic (exact) mass is 262 g/mol. The highest BCUT2D eigenvalue weighted by Gasteiger charge is 2.25. The highest BCUT2D eigenvalue weighted by atomic mass is 16.6. The van der Waals surface area contributed by atoms with E-state index in [0.29, 0.717) is 19.4 Å². The standard InChI is InChI=1S/C14H18N2O3/c15-12-9-16(8-4-7-13(12)17)14(18)19-10-11-5-2-1-3-6-11/h1-3,5-6,12H,4,7-10,15H2. The van der Waals surface area contributed by atoms with Gasteiger partial charge in [-0.3, -0.25) is 4.79 Å². The van der Waals surface area contributed by atoms with Crippen LogP contribution >= 0.6 is 0 Å². The van der Waals surface area contributed by atoms with E-state index in [1.807, 2.05) is 30.3 Å². The van der Waals surface area contributed by atoms with Crippen LogP contribution in [0.3, 0.4) is 0 Å². The molecule has 1 aliphatic rings. The van der Waals surface area contributed by atoms with E-state index in [0.717, 1.165) is 5.56 Å². The number of hydrogen-bond acceptors (Lipinski definition) is 4. The SMILES string of the molecule is NC1CN(C(=O)OCc2ccccc2)CCCC1=O. The Morgan fingerprint density at radius 3 is 2.84 bits per heavy atom. The third-order valence-electron chi connectivity index (χ3n) is 3.15. The molecule has 2 N–H and O–H groups in total. The number of nitrogens with zero attached hydrogens (tertiary/aromatic N) is 1. The van der Waals surface area contributed by atoms with Gasteiger partial charge in [0.15, 0.2) is 5.78 Å². The summed E-state index contributed by atoms with van der Waals surface area (Å²) in [7, 11) is 0. The molecule has 1 amide bonds. The summed E-state index contributed by atoms with van der Waals surface area (Å²) in [5.74, 6) is 0.0124. The Morgan fingerprint density at radius 2 is 2.11 bits per heavy atom. The van der Waals surface area contributed by atoms with Crippen molar-refractivity contribution in [1.29, 1.82) is 0 Å². The molecule has 0 aliphatic carbocycles. The van der Waals surface area contributed by atoms with Crippen LogP contribution in [-0.4, -0.2) is 35.9 Å². The van der Waals surface area contributed by atoms with Gasteiger partial charge in [-0.15, -0.1) is 0 Å². The average molecular weight is 262 g/mol. The highest BCUT2D eigenvalue weighted by Crippen LogP contribution is 2.09. The molecule has 1 aromatic carbocycles. The molecule has 19 heavy (non-hydrogen) atoms. The molecule has 1 fully saturated rings. The molecule has 1 aromatic rings. The molecular weight excluding hydrogens is 244 g/mol. The summed E-state index contributed by atoms with van der Waals surface area (Å²) in [6, 6.07) is 8.89. The third-order valence-corrected chi connectivity index (χ3v) is 3.15. The maximum absolute atomic E-state index is 11.9. The lowest BCUT2D eigenvalue weighted by atomic mass is 10.1. The maximum Gasteiger partial charge on any atom is 0.410 e. The number of likely N-dealkylation sites (tertiary alicyclic amines) is 1. The van der Waals surface area contributed by atoms with E-state index in [1.165, 1.54) is 4.90 Å². The first-order valence-corrected chi connectivity index (χ1v) is 6.41. The molecule has 1 atom stereocenters. The molecule has 5 nitrogen and oxygen atoms in total. The van der Waals surface area contributed by atoms with Crippen molar-refractivity contribution >= 4 is 11.9 Å². The summed E-state index contributed by atoms with van der Waals surface area (Å²) in [5, 5.41) is 0. The van der Waals surface area contributed by atoms with Crippen LogP contribution in [0.25, 0.3) is 0 Å². The largest absolute Gasteiger partial charge is 0.445 e. The van der Waals surface area contributed by atoms with Crippen molar-refractivity contribution in [3.8, 4) is 0 Å². The predicted octanol–water partition coefficient (Wildman–Crippen LogP) is 1.32. The average Bonchev–Trinajstić information content (AvgIpc) is 2.60. The summed E-state index contributed by atoms with van der Waals surface area (Å²) >= 11 is 0. The number of carbonyl (C=O) groups is 2. The number of benzene rings is 1. The molecule has 1 heterocycles. The van der Waals surface area contributed by atoms with Crippen LogP contribution in [0.15, 0.2) is 30.3 Å². The van der Waals surface area contributed by atoms with Crippen molar-refractivity contribution in [3.63, 3.8) is 0 Å². The number of carbonyl (C=O) groups excluding carboxylic acids is 2. The van der Waals surface area contributed by atoms with Gasteiger partial charge in [-0.05, 0) is 12.0 Å². The second kappa shape index (κ2) is 6.33. The van der Waals surface area contributed by atoms with E-state index >= 15 is 0 Å². The number of nitrogens with two attached hydrogens (primary N) is 1. The Kier molecular flexibility index (Phi) is 4.52. The van der Waals surface area contributed by atoms with Gasteiger partial charge in [0.05, 0.1) is 6.04 Å². The van der Waals surface area contributed by atoms with Gasteiger partial charge < -0.3 is 15.4 Å². The Balaban J connectivity index is 1.87. The minimum Gasteiger partial charge on any atom is -0.445 e. The fourth-order valence-corrected chi connectivity index (χ4v) is 2.04. The lowest BCUT2D eigenvalue weighted by Gasteiger charge is -2.21. The molecule has 2 rings (SSSR count). The molecule has 1 unspecified atom stereocenters. The van der Waals surface area contributed by atoms with Crippen molar-refractivity contribution in [3.05, 3.63) is 35.9 Å². The molecule has 0 bridgehead atoms. The highest BCUT2D eigenvalue weighted by molar-refractivity contribution is 5.85. The number of Topliss-reactive ketones (excluding diaryl/α,β-unsaturated/α-hetero) is 1. The first-order valence-electron chi connectivity index (χ1n) is 6.41. The van der Waals surface area contributed by atoms with Crippen LogP contribution in [0, 0.1) is 0 Å². The number of hydrogen-bond donors (Lipinski definition) is 1. The van der Waals surface area contributed by atoms with Crippen molar-refractivity contribution in [2.24, 2.45) is 5.73 Å². The summed E-state index contributed by atoms with van der Waals surface area (Å²) < 4.78 is 5.23. The van der Waals surface area contributed by atoms with Crippen LogP contribution in [0.2, 0.25) is 0 Å². The molecule has 5 heteroatoms. The predicted molar refractivity (Wildman–Crippen MR) is 70.4 cm³/mol. The lowest BCUT2D eigenvalue weighted by molar-refractivity contribution is -0.120. The van der Waals surface area contributed by atoms with Crippen LogP contribution in [-0.2, 0) is 16.1 Å². The molecule has 0 aromatic heterocycles. The molecule has 0 radical (unpaired) electrons. The Labute approximate surface area is 112 Å². The molecular formula is C14H18N2O3. The number of amides is 1. The van der Waals surface area contributed by atoms with Gasteiger partial charge in [0, 0.05) is 19.5 Å². The fourth-order valence-electron chi connectivity index (χ4n) is 2.04. The summed E-state index contributed by atoms with van der Waals surface area (Å²) in [4.78, 5) is 24.9. The number of ether oxygens (including phenoxy) is 1. The minimum atomic E-state index is -0.591. The van der Waals surface area contributed by atoms with Crippen molar-refractivity contribution < 1.29 is 14.3 Å². The number of ketones is 1. The second-order valence-electron chi connectivity index (χ2n) is 4.66. The molecule has 1 saturated heterocycles. The van der Waals surface area contributed by atoms with E-state index < -0.39 is 12.1 Å². The summed E-state index contributed by atoms with van der Waals surface area (Å²) in [5.41, 5.74) is 6.65. The van der Waals surface area contributed by atoms with Gasteiger partial charge in [-0.1, -0.05) is 30.3 Å². The molecule has 0 saturated carbocycles. The number of rotatable bonds is 2.